The summed E-state index contributed by atoms with van der Waals surface area (Å²) in [5.41, 5.74) is 8.69. The number of nitrogens with one attached hydrogen (secondary N) is 1. The summed E-state index contributed by atoms with van der Waals surface area (Å²) < 4.78 is 61.1. The molecule has 0 spiro atoms. The van der Waals surface area contributed by atoms with Gasteiger partial charge in [-0.3, -0.25) is 19.4 Å². The molecule has 1 aromatic rings. The Bertz CT molecular complexity index is 1360. The van der Waals surface area contributed by atoms with E-state index in [-0.39, 0.29) is 42.7 Å². The molecule has 0 aliphatic heterocycles. The molecule has 6 N–H and O–H groups in total. The van der Waals surface area contributed by atoms with Gasteiger partial charge in [-0.25, -0.2) is 15.4 Å². The summed E-state index contributed by atoms with van der Waals surface area (Å²) in [6.07, 6.45) is -0.242. The number of ether oxygens (including phenoxy) is 2. The molecule has 1 rings (SSSR count). The van der Waals surface area contributed by atoms with E-state index >= 15 is 0 Å². The largest absolute Gasteiger partial charge is 0.458 e. The third kappa shape index (κ3) is 20.6. The first-order valence-corrected chi connectivity index (χ1v) is 18.4. The summed E-state index contributed by atoms with van der Waals surface area (Å²) in [5, 5.41) is 11.2. The summed E-state index contributed by atoms with van der Waals surface area (Å²) >= 11 is 6.30. The van der Waals surface area contributed by atoms with E-state index in [1.165, 1.54) is 13.8 Å². The highest BCUT2D eigenvalue weighted by molar-refractivity contribution is 8.25. The third-order valence-corrected chi connectivity index (χ3v) is 9.18. The van der Waals surface area contributed by atoms with E-state index in [1.807, 2.05) is 6.92 Å². The Kier molecular flexibility index (Phi) is 23.3. The zero-order valence-electron chi connectivity index (χ0n) is 31.2. The van der Waals surface area contributed by atoms with Gasteiger partial charge in [0.15, 0.2) is 12.6 Å². The molecule has 53 heavy (non-hydrogen) atoms. The average molecular weight is 794 g/mol. The number of nitrogens with zero attached hydrogens (tertiary/aromatic N) is 2. The van der Waals surface area contributed by atoms with Crippen LogP contribution in [-0.4, -0.2) is 95.1 Å². The molecule has 0 saturated carbocycles. The number of carbonyl (C=O) groups is 3. The molecule has 0 saturated heterocycles. The van der Waals surface area contributed by atoms with E-state index in [9.17, 15) is 31.9 Å². The van der Waals surface area contributed by atoms with Crippen molar-refractivity contribution in [3.8, 4) is 0 Å². The van der Waals surface area contributed by atoms with Crippen molar-refractivity contribution in [3.05, 3.63) is 47.3 Å². The molecule has 0 fully saturated rings. The average Bonchev–Trinajstić information content (AvgIpc) is 3.08. The highest BCUT2D eigenvalue weighted by Gasteiger charge is 2.51. The molecule has 1 aromatic carbocycles. The Morgan fingerprint density at radius 2 is 1.66 bits per heavy atom. The molecule has 0 heterocycles. The number of thiocarbonyl (C=S) groups is 1. The van der Waals surface area contributed by atoms with Crippen LogP contribution in [0.1, 0.15) is 91.5 Å². The standard InChI is InChI=1S/C26H35F4N5O3S2.C10H20O3/c1-23(2,33-5)14-24(3,20(36)34-12-9-13-35-22(31)32)15-25(4,21(37)38-16-26(29,30)19(27)28)40-18(39)17-10-7-6-8-11-17;1-2-5-10(12)6-3-8-13-9-4-7-11/h6-8,10-11,19H,9,12-16H2,1-4H3,(H,34,36)(H4,31,32,35);11H,2-9H2,1H3/t24-,25?;/m1./s1. The van der Waals surface area contributed by atoms with Crippen molar-refractivity contribution in [2.24, 2.45) is 21.9 Å². The van der Waals surface area contributed by atoms with Crippen LogP contribution in [0.5, 0.6) is 0 Å². The Labute approximate surface area is 320 Å². The Balaban J connectivity index is 0.00000176. The number of alkyl halides is 4. The second-order valence-corrected chi connectivity index (χ2v) is 15.6. The quantitative estimate of drug-likeness (QED) is 0.0183. The monoisotopic (exact) mass is 793 g/mol. The Morgan fingerprint density at radius 3 is 2.21 bits per heavy atom. The van der Waals surface area contributed by atoms with E-state index in [1.54, 1.807) is 44.2 Å². The third-order valence-electron chi connectivity index (χ3n) is 7.51. The number of halogens is 4. The van der Waals surface area contributed by atoms with Crippen molar-refractivity contribution in [2.45, 2.75) is 109 Å². The lowest BCUT2D eigenvalue weighted by atomic mass is 9.72. The SMILES string of the molecule is CCCC(=O)CCCOCCCO.[C-]#[N+]C(C)(C)C[C@](C)(CC(C)(SC(=S)c1ccccc1)C(=O)OCC(F)(F)C(F)F)C(=O)NCCCN=C(N)N. The number of benzene rings is 1. The van der Waals surface area contributed by atoms with Crippen LogP contribution in [0.3, 0.4) is 0 Å². The predicted octanol–water partition coefficient (Wildman–Crippen LogP) is 6.10. The van der Waals surface area contributed by atoms with Crippen LogP contribution >= 0.6 is 24.0 Å². The molecule has 1 unspecified atom stereocenters. The number of aliphatic hydroxyl groups excluding tert-OH is 1. The highest BCUT2D eigenvalue weighted by Crippen LogP contribution is 2.45. The van der Waals surface area contributed by atoms with Crippen molar-refractivity contribution in [3.63, 3.8) is 0 Å². The fourth-order valence-corrected chi connectivity index (χ4v) is 6.96. The second kappa shape index (κ2) is 24.9. The predicted molar refractivity (Wildman–Crippen MR) is 204 cm³/mol. The second-order valence-electron chi connectivity index (χ2n) is 13.5. The normalized spacial score (nSPS) is 13.7. The zero-order chi connectivity index (χ0) is 40.7. The summed E-state index contributed by atoms with van der Waals surface area (Å²) in [4.78, 5) is 45.3. The molecule has 0 radical (unpaired) electrons. The molecule has 0 aromatic heterocycles. The Morgan fingerprint density at radius 1 is 1.04 bits per heavy atom. The number of aliphatic hydroxyl groups is 1. The number of aliphatic imine (C=N–C) groups is 1. The van der Waals surface area contributed by atoms with Crippen LogP contribution in [-0.2, 0) is 23.9 Å². The number of nitrogens with two attached hydrogens (primary N) is 2. The van der Waals surface area contributed by atoms with Gasteiger partial charge in [0.1, 0.15) is 10.5 Å². The maximum atomic E-state index is 13.6. The lowest BCUT2D eigenvalue weighted by molar-refractivity contribution is -0.181. The van der Waals surface area contributed by atoms with Crippen molar-refractivity contribution in [2.75, 3.05) is 39.5 Å². The number of hydrogen-bond acceptors (Lipinski definition) is 9. The zero-order valence-corrected chi connectivity index (χ0v) is 32.9. The lowest BCUT2D eigenvalue weighted by Crippen LogP contribution is -2.50. The van der Waals surface area contributed by atoms with Crippen molar-refractivity contribution >= 4 is 51.8 Å². The molecular weight excluding hydrogens is 739 g/mol. The fourth-order valence-electron chi connectivity index (χ4n) is 5.07. The van der Waals surface area contributed by atoms with E-state index in [0.29, 0.717) is 50.2 Å². The number of ketones is 1. The van der Waals surface area contributed by atoms with Gasteiger partial charge in [0.05, 0.1) is 9.61 Å². The molecular formula is C36H55F4N5O6S2. The molecule has 2 atom stereocenters. The fraction of sp³-hybridized carbons (Fsp3) is 0.667. The lowest BCUT2D eigenvalue weighted by Gasteiger charge is -2.38. The highest BCUT2D eigenvalue weighted by atomic mass is 32.2. The summed E-state index contributed by atoms with van der Waals surface area (Å²) in [6.45, 7) is 15.7. The molecule has 0 aliphatic carbocycles. The van der Waals surface area contributed by atoms with Gasteiger partial charge >= 0.3 is 18.3 Å². The van der Waals surface area contributed by atoms with Crippen molar-refractivity contribution < 1.29 is 46.5 Å². The first kappa shape index (κ1) is 49.7. The molecule has 11 nitrogen and oxygen atoms in total. The van der Waals surface area contributed by atoms with E-state index in [0.717, 1.165) is 24.6 Å². The minimum Gasteiger partial charge on any atom is -0.458 e. The molecule has 0 aliphatic rings. The van der Waals surface area contributed by atoms with Crippen molar-refractivity contribution in [1.29, 1.82) is 0 Å². The van der Waals surface area contributed by atoms with Crippen LogP contribution in [0.15, 0.2) is 35.3 Å². The van der Waals surface area contributed by atoms with Gasteiger partial charge in [-0.05, 0) is 44.6 Å². The summed E-state index contributed by atoms with van der Waals surface area (Å²) in [7, 11) is 0. The number of rotatable bonds is 24. The number of Topliss-reactive ketones (excluding diaryl/α,β-unsaturated/α-hetero) is 1. The van der Waals surface area contributed by atoms with Crippen LogP contribution in [0, 0.1) is 12.0 Å². The molecule has 300 valence electrons. The van der Waals surface area contributed by atoms with Crippen molar-refractivity contribution in [1.82, 2.24) is 5.32 Å². The van der Waals surface area contributed by atoms with Crippen LogP contribution in [0.4, 0.5) is 17.6 Å². The van der Waals surface area contributed by atoms with E-state index < -0.39 is 46.5 Å². The van der Waals surface area contributed by atoms with Crippen LogP contribution < -0.4 is 16.8 Å². The molecule has 0 bridgehead atoms. The number of guanidine groups is 1. The topological polar surface area (TPSA) is 171 Å². The van der Waals surface area contributed by atoms with E-state index in [4.69, 9.17) is 44.8 Å². The summed E-state index contributed by atoms with van der Waals surface area (Å²) in [5.74, 6) is -6.11. The van der Waals surface area contributed by atoms with Crippen LogP contribution in [0.25, 0.3) is 4.85 Å². The first-order valence-electron chi connectivity index (χ1n) is 17.2. The maximum Gasteiger partial charge on any atom is 0.340 e. The maximum absolute atomic E-state index is 13.6. The first-order chi connectivity index (χ1) is 24.7. The Hall–Kier alpha value is -3.33. The van der Waals surface area contributed by atoms with E-state index in [2.05, 4.69) is 15.2 Å². The van der Waals surface area contributed by atoms with Crippen LogP contribution in [0.2, 0.25) is 0 Å². The number of thioether (sulfide) groups is 1. The van der Waals surface area contributed by atoms with Gasteiger partial charge in [0, 0.05) is 66.0 Å². The number of amides is 1. The smallest absolute Gasteiger partial charge is 0.340 e. The van der Waals surface area contributed by atoms with Gasteiger partial charge in [-0.15, -0.1) is 0 Å². The number of hydrogen-bond donors (Lipinski definition) is 4. The van der Waals surface area contributed by atoms with Gasteiger partial charge in [0.2, 0.25) is 11.4 Å². The van der Waals surface area contributed by atoms with Gasteiger partial charge in [-0.1, -0.05) is 68.2 Å². The molecule has 17 heteroatoms. The van der Waals surface area contributed by atoms with Gasteiger partial charge < -0.3 is 36.2 Å². The van der Waals surface area contributed by atoms with Gasteiger partial charge in [0.25, 0.3) is 0 Å². The number of esters is 1. The minimum atomic E-state index is -4.57. The minimum absolute atomic E-state index is 0.0298. The molecule has 1 amide bonds. The van der Waals surface area contributed by atoms with Gasteiger partial charge in [-0.2, -0.15) is 8.78 Å². The summed E-state index contributed by atoms with van der Waals surface area (Å²) in [6, 6.07) is 8.52. The number of carbonyl (C=O) groups excluding carboxylic acids is 3.